The predicted molar refractivity (Wildman–Crippen MR) is 102 cm³/mol. The number of nitrogens with zero attached hydrogens (tertiary/aromatic N) is 1. The molecule has 130 valence electrons. The molecule has 24 heavy (non-hydrogen) atoms. The van der Waals surface area contributed by atoms with E-state index in [1.165, 1.54) is 16.7 Å². The summed E-state index contributed by atoms with van der Waals surface area (Å²) in [5.41, 5.74) is 3.88. The fraction of sp³-hybridized carbons (Fsp3) is 0.455. The van der Waals surface area contributed by atoms with Crippen molar-refractivity contribution in [2.45, 2.75) is 46.3 Å². The standard InChI is InChI=1S/C22H31NO/c1-18(2)13-14-23(16-21-12-8-7-9-19(21)3)17-22(24)15-20-10-5-4-6-11-20/h4-12,18,22,24H,13-17H2,1-3H3. The maximum Gasteiger partial charge on any atom is 0.0707 e. The molecule has 0 aromatic heterocycles. The fourth-order valence-corrected chi connectivity index (χ4v) is 2.95. The number of benzene rings is 2. The van der Waals surface area contributed by atoms with E-state index in [0.29, 0.717) is 12.3 Å². The zero-order valence-corrected chi connectivity index (χ0v) is 15.3. The minimum absolute atomic E-state index is 0.330. The highest BCUT2D eigenvalue weighted by Gasteiger charge is 2.14. The van der Waals surface area contributed by atoms with Gasteiger partial charge in [0.25, 0.3) is 0 Å². The van der Waals surface area contributed by atoms with Crippen molar-refractivity contribution in [3.05, 3.63) is 71.3 Å². The lowest BCUT2D eigenvalue weighted by Gasteiger charge is -2.26. The van der Waals surface area contributed by atoms with Crippen LogP contribution in [0.1, 0.15) is 37.0 Å². The molecular weight excluding hydrogens is 294 g/mol. The monoisotopic (exact) mass is 325 g/mol. The topological polar surface area (TPSA) is 23.5 Å². The highest BCUT2D eigenvalue weighted by molar-refractivity contribution is 5.25. The average Bonchev–Trinajstić information content (AvgIpc) is 2.55. The largest absolute Gasteiger partial charge is 0.391 e. The van der Waals surface area contributed by atoms with Crippen LogP contribution in [0.3, 0.4) is 0 Å². The second kappa shape index (κ2) is 9.61. The van der Waals surface area contributed by atoms with Gasteiger partial charge in [-0.2, -0.15) is 0 Å². The van der Waals surface area contributed by atoms with E-state index in [1.807, 2.05) is 18.2 Å². The number of aryl methyl sites for hydroxylation is 1. The highest BCUT2D eigenvalue weighted by Crippen LogP contribution is 2.14. The van der Waals surface area contributed by atoms with Crippen LogP contribution < -0.4 is 0 Å². The Kier molecular flexibility index (Phi) is 7.48. The van der Waals surface area contributed by atoms with Gasteiger partial charge in [-0.05, 0) is 48.9 Å². The Balaban J connectivity index is 1.98. The van der Waals surface area contributed by atoms with Crippen LogP contribution in [0, 0.1) is 12.8 Å². The molecule has 2 aromatic carbocycles. The van der Waals surface area contributed by atoms with Gasteiger partial charge in [-0.3, -0.25) is 4.90 Å². The Bertz CT molecular complexity index is 594. The Morgan fingerprint density at radius 1 is 0.958 bits per heavy atom. The van der Waals surface area contributed by atoms with Crippen LogP contribution in [0.25, 0.3) is 0 Å². The van der Waals surface area contributed by atoms with Crippen molar-refractivity contribution in [2.75, 3.05) is 13.1 Å². The Morgan fingerprint density at radius 2 is 1.62 bits per heavy atom. The molecule has 0 radical (unpaired) electrons. The third-order valence-electron chi connectivity index (χ3n) is 4.46. The van der Waals surface area contributed by atoms with Crippen LogP contribution in [-0.4, -0.2) is 29.2 Å². The molecule has 0 saturated heterocycles. The van der Waals surface area contributed by atoms with Crippen LogP contribution in [-0.2, 0) is 13.0 Å². The summed E-state index contributed by atoms with van der Waals surface area (Å²) in [5, 5.41) is 10.5. The van der Waals surface area contributed by atoms with Crippen LogP contribution in [0.15, 0.2) is 54.6 Å². The first kappa shape index (κ1) is 18.7. The number of hydrogen-bond acceptors (Lipinski definition) is 2. The van der Waals surface area contributed by atoms with E-state index >= 15 is 0 Å². The quantitative estimate of drug-likeness (QED) is 0.736. The molecule has 1 atom stereocenters. The van der Waals surface area contributed by atoms with Gasteiger partial charge >= 0.3 is 0 Å². The maximum absolute atomic E-state index is 10.5. The van der Waals surface area contributed by atoms with Gasteiger partial charge in [0.15, 0.2) is 0 Å². The summed E-state index contributed by atoms with van der Waals surface area (Å²) in [5.74, 6) is 0.677. The van der Waals surface area contributed by atoms with Crippen LogP contribution in [0.2, 0.25) is 0 Å². The van der Waals surface area contributed by atoms with Gasteiger partial charge in [0.05, 0.1) is 6.10 Å². The third-order valence-corrected chi connectivity index (χ3v) is 4.46. The van der Waals surface area contributed by atoms with E-state index in [9.17, 15) is 5.11 Å². The highest BCUT2D eigenvalue weighted by atomic mass is 16.3. The van der Waals surface area contributed by atoms with Gasteiger partial charge in [-0.25, -0.2) is 0 Å². The first-order chi connectivity index (χ1) is 11.5. The minimum atomic E-state index is -0.330. The van der Waals surface area contributed by atoms with E-state index in [1.54, 1.807) is 0 Å². The maximum atomic E-state index is 10.5. The third kappa shape index (κ3) is 6.46. The molecule has 1 N–H and O–H groups in total. The van der Waals surface area contributed by atoms with E-state index in [2.05, 4.69) is 62.1 Å². The molecule has 2 heteroatoms. The lowest BCUT2D eigenvalue weighted by molar-refractivity contribution is 0.105. The first-order valence-corrected chi connectivity index (χ1v) is 9.03. The van der Waals surface area contributed by atoms with Gasteiger partial charge in [0.2, 0.25) is 0 Å². The normalized spacial score (nSPS) is 12.8. The molecule has 1 unspecified atom stereocenters. The van der Waals surface area contributed by atoms with E-state index < -0.39 is 0 Å². The molecule has 2 nitrogen and oxygen atoms in total. The smallest absolute Gasteiger partial charge is 0.0707 e. The van der Waals surface area contributed by atoms with Gasteiger partial charge in [0.1, 0.15) is 0 Å². The molecule has 0 spiro atoms. The SMILES string of the molecule is Cc1ccccc1CN(CCC(C)C)CC(O)Cc1ccccc1. The van der Waals surface area contributed by atoms with Crippen molar-refractivity contribution in [1.82, 2.24) is 4.90 Å². The van der Waals surface area contributed by atoms with Gasteiger partial charge in [-0.15, -0.1) is 0 Å². The Morgan fingerprint density at radius 3 is 2.29 bits per heavy atom. The zero-order chi connectivity index (χ0) is 17.4. The molecule has 0 aliphatic carbocycles. The summed E-state index contributed by atoms with van der Waals surface area (Å²) in [7, 11) is 0. The minimum Gasteiger partial charge on any atom is -0.391 e. The molecule has 0 saturated carbocycles. The van der Waals surface area contributed by atoms with Crippen LogP contribution in [0.5, 0.6) is 0 Å². The second-order valence-corrected chi connectivity index (χ2v) is 7.19. The summed E-state index contributed by atoms with van der Waals surface area (Å²) in [6, 6.07) is 18.8. The van der Waals surface area contributed by atoms with Gasteiger partial charge < -0.3 is 5.11 Å². The van der Waals surface area contributed by atoms with Crippen molar-refractivity contribution in [3.8, 4) is 0 Å². The fourth-order valence-electron chi connectivity index (χ4n) is 2.95. The van der Waals surface area contributed by atoms with Crippen molar-refractivity contribution in [3.63, 3.8) is 0 Å². The average molecular weight is 325 g/mol. The molecular formula is C22H31NO. The molecule has 0 heterocycles. The van der Waals surface area contributed by atoms with Crippen molar-refractivity contribution < 1.29 is 5.11 Å². The van der Waals surface area contributed by atoms with Crippen LogP contribution in [0.4, 0.5) is 0 Å². The van der Waals surface area contributed by atoms with Gasteiger partial charge in [-0.1, -0.05) is 68.4 Å². The van der Waals surface area contributed by atoms with E-state index in [4.69, 9.17) is 0 Å². The lowest BCUT2D eigenvalue weighted by Crippen LogP contribution is -2.34. The second-order valence-electron chi connectivity index (χ2n) is 7.19. The molecule has 0 amide bonds. The summed E-state index contributed by atoms with van der Waals surface area (Å²) >= 11 is 0. The molecule has 0 bridgehead atoms. The Labute approximate surface area is 147 Å². The summed E-state index contributed by atoms with van der Waals surface area (Å²) in [6.45, 7) is 9.33. The first-order valence-electron chi connectivity index (χ1n) is 9.03. The molecule has 2 rings (SSSR count). The lowest BCUT2D eigenvalue weighted by atomic mass is 10.0. The molecule has 0 aliphatic heterocycles. The van der Waals surface area contributed by atoms with Gasteiger partial charge in [0, 0.05) is 13.1 Å². The molecule has 2 aromatic rings. The number of aliphatic hydroxyl groups excluding tert-OH is 1. The van der Waals surface area contributed by atoms with E-state index in [-0.39, 0.29) is 6.10 Å². The summed E-state index contributed by atoms with van der Waals surface area (Å²) < 4.78 is 0. The molecule has 0 fully saturated rings. The number of hydrogen-bond donors (Lipinski definition) is 1. The van der Waals surface area contributed by atoms with Crippen molar-refractivity contribution >= 4 is 0 Å². The summed E-state index contributed by atoms with van der Waals surface area (Å²) in [6.07, 6.45) is 1.54. The van der Waals surface area contributed by atoms with Crippen molar-refractivity contribution in [2.24, 2.45) is 5.92 Å². The Hall–Kier alpha value is -1.64. The zero-order valence-electron chi connectivity index (χ0n) is 15.3. The van der Waals surface area contributed by atoms with E-state index in [0.717, 1.165) is 26.1 Å². The summed E-state index contributed by atoms with van der Waals surface area (Å²) in [4.78, 5) is 2.40. The van der Waals surface area contributed by atoms with Crippen LogP contribution >= 0.6 is 0 Å². The van der Waals surface area contributed by atoms with Crippen molar-refractivity contribution in [1.29, 1.82) is 0 Å². The number of aliphatic hydroxyl groups is 1. The molecule has 0 aliphatic rings. The number of rotatable bonds is 9. The predicted octanol–water partition coefficient (Wildman–Crippen LogP) is 4.45.